The minimum absolute atomic E-state index is 0.118. The fourth-order valence-electron chi connectivity index (χ4n) is 4.37. The highest BCUT2D eigenvalue weighted by Crippen LogP contribution is 2.32. The van der Waals surface area contributed by atoms with Crippen LogP contribution in [0.2, 0.25) is 0 Å². The molecular weight excluding hydrogens is 560 g/mol. The molecule has 0 saturated carbocycles. The summed E-state index contributed by atoms with van der Waals surface area (Å²) in [6.45, 7) is 3.83. The Morgan fingerprint density at radius 1 is 1.05 bits per heavy atom. The van der Waals surface area contributed by atoms with E-state index in [0.29, 0.717) is 46.2 Å². The van der Waals surface area contributed by atoms with Crippen molar-refractivity contribution in [3.63, 3.8) is 0 Å². The van der Waals surface area contributed by atoms with E-state index in [9.17, 15) is 13.6 Å². The Labute approximate surface area is 245 Å². The third-order valence-electron chi connectivity index (χ3n) is 6.39. The predicted molar refractivity (Wildman–Crippen MR) is 154 cm³/mol. The highest BCUT2D eigenvalue weighted by molar-refractivity contribution is 5.92. The summed E-state index contributed by atoms with van der Waals surface area (Å²) >= 11 is 0. The van der Waals surface area contributed by atoms with Crippen LogP contribution in [-0.4, -0.2) is 56.0 Å². The van der Waals surface area contributed by atoms with Crippen LogP contribution in [0.1, 0.15) is 31.2 Å². The number of ether oxygens (including phenoxy) is 3. The minimum Gasteiger partial charge on any atom is -0.494 e. The normalized spacial score (nSPS) is 11.0. The van der Waals surface area contributed by atoms with Crippen LogP contribution in [0.15, 0.2) is 54.9 Å². The summed E-state index contributed by atoms with van der Waals surface area (Å²) in [4.78, 5) is 29.2. The van der Waals surface area contributed by atoms with E-state index in [1.165, 1.54) is 18.0 Å². The number of hydrogen-bond donors (Lipinski definition) is 1. The molecule has 5 aromatic rings. The molecule has 11 nitrogen and oxygen atoms in total. The van der Waals surface area contributed by atoms with E-state index >= 15 is 0 Å². The quantitative estimate of drug-likeness (QED) is 0.149. The van der Waals surface area contributed by atoms with Crippen molar-refractivity contribution >= 4 is 28.5 Å². The Bertz CT molecular complexity index is 1740. The molecule has 222 valence electrons. The molecule has 0 amide bonds. The molecule has 0 radical (unpaired) electrons. The fourth-order valence-corrected chi connectivity index (χ4v) is 4.37. The molecule has 13 heteroatoms. The number of carbonyl (C=O) groups excluding carboxylic acids is 1. The summed E-state index contributed by atoms with van der Waals surface area (Å²) in [5, 5.41) is 8.50. The number of halogens is 2. The van der Waals surface area contributed by atoms with Gasteiger partial charge < -0.3 is 19.5 Å². The van der Waals surface area contributed by atoms with Crippen LogP contribution in [-0.2, 0) is 16.1 Å². The average molecular weight is 590 g/mol. The molecule has 3 aromatic heterocycles. The van der Waals surface area contributed by atoms with Crippen molar-refractivity contribution in [2.45, 2.75) is 33.2 Å². The van der Waals surface area contributed by atoms with E-state index in [-0.39, 0.29) is 49.3 Å². The van der Waals surface area contributed by atoms with Gasteiger partial charge in [0.25, 0.3) is 0 Å². The number of methoxy groups -OCH3 is 1. The molecule has 5 rings (SSSR count). The standard InChI is InChI=1S/C30H29F2N7O4/c1-4-42-19-14-22(31)21(23(32)15-19)17-39-24-9-6-5-8-20(24)28(38-39)30-34-16-25(43-13-7-10-27(40)41-3)29(37-30)36-26-11-12-33-18(2)35-26/h5-6,8-9,11-12,14-16H,4,7,10,13,17H2,1-3H3,(H,33,34,35,36,37). The van der Waals surface area contributed by atoms with Crippen molar-refractivity contribution in [3.05, 3.63) is 77.9 Å². The second-order valence-electron chi connectivity index (χ2n) is 9.37. The second kappa shape index (κ2) is 13.2. The smallest absolute Gasteiger partial charge is 0.305 e. The maximum Gasteiger partial charge on any atom is 0.305 e. The van der Waals surface area contributed by atoms with Gasteiger partial charge in [0.05, 0.1) is 38.6 Å². The summed E-state index contributed by atoms with van der Waals surface area (Å²) in [5.41, 5.74) is 0.890. The molecule has 0 aliphatic carbocycles. The molecule has 1 N–H and O–H groups in total. The first-order valence-electron chi connectivity index (χ1n) is 13.6. The first-order valence-corrected chi connectivity index (χ1v) is 13.6. The number of rotatable bonds is 12. The number of anilines is 2. The largest absolute Gasteiger partial charge is 0.494 e. The number of benzene rings is 2. The number of nitrogens with zero attached hydrogens (tertiary/aromatic N) is 6. The predicted octanol–water partition coefficient (Wildman–Crippen LogP) is 5.39. The van der Waals surface area contributed by atoms with E-state index in [1.807, 2.05) is 18.2 Å². The number of aromatic nitrogens is 6. The van der Waals surface area contributed by atoms with E-state index in [0.717, 1.165) is 12.1 Å². The summed E-state index contributed by atoms with van der Waals surface area (Å²) in [6, 6.07) is 11.3. The van der Waals surface area contributed by atoms with E-state index in [4.69, 9.17) is 14.5 Å². The molecule has 3 heterocycles. The van der Waals surface area contributed by atoms with Crippen molar-refractivity contribution in [2.75, 3.05) is 25.6 Å². The zero-order chi connectivity index (χ0) is 30.3. The van der Waals surface area contributed by atoms with Crippen molar-refractivity contribution in [1.29, 1.82) is 0 Å². The van der Waals surface area contributed by atoms with Gasteiger partial charge in [-0.05, 0) is 32.4 Å². The van der Waals surface area contributed by atoms with Crippen molar-refractivity contribution in [1.82, 2.24) is 29.7 Å². The Kier molecular flexibility index (Phi) is 8.99. The SMILES string of the molecule is CCOc1cc(F)c(Cn2nc(-c3ncc(OCCCC(=O)OC)c(Nc4ccnc(C)n4)n3)c3ccccc32)c(F)c1. The van der Waals surface area contributed by atoms with Crippen LogP contribution in [0.4, 0.5) is 20.4 Å². The van der Waals surface area contributed by atoms with Gasteiger partial charge in [-0.1, -0.05) is 18.2 Å². The topological polar surface area (TPSA) is 126 Å². The highest BCUT2D eigenvalue weighted by Gasteiger charge is 2.20. The molecule has 0 fully saturated rings. The van der Waals surface area contributed by atoms with Gasteiger partial charge in [0.15, 0.2) is 17.4 Å². The van der Waals surface area contributed by atoms with Gasteiger partial charge >= 0.3 is 5.97 Å². The van der Waals surface area contributed by atoms with E-state index in [2.05, 4.69) is 30.1 Å². The Morgan fingerprint density at radius 2 is 1.84 bits per heavy atom. The third kappa shape index (κ3) is 6.83. The Hall–Kier alpha value is -5.20. The molecule has 2 aromatic carbocycles. The summed E-state index contributed by atoms with van der Waals surface area (Å²) < 4.78 is 47.2. The maximum atomic E-state index is 14.9. The molecule has 43 heavy (non-hydrogen) atoms. The van der Waals surface area contributed by atoms with Crippen LogP contribution in [0, 0.1) is 18.6 Å². The highest BCUT2D eigenvalue weighted by atomic mass is 19.1. The van der Waals surface area contributed by atoms with Crippen molar-refractivity contribution in [2.24, 2.45) is 0 Å². The lowest BCUT2D eigenvalue weighted by molar-refractivity contribution is -0.140. The number of esters is 1. The van der Waals surface area contributed by atoms with Crippen LogP contribution >= 0.6 is 0 Å². The van der Waals surface area contributed by atoms with E-state index < -0.39 is 11.6 Å². The third-order valence-corrected chi connectivity index (χ3v) is 6.39. The van der Waals surface area contributed by atoms with Gasteiger partial charge in [0.1, 0.15) is 34.7 Å². The molecular formula is C30H29F2N7O4. The van der Waals surface area contributed by atoms with Crippen molar-refractivity contribution < 1.29 is 27.8 Å². The van der Waals surface area contributed by atoms with Gasteiger partial charge in [0.2, 0.25) is 0 Å². The van der Waals surface area contributed by atoms with Gasteiger partial charge in [-0.2, -0.15) is 5.10 Å². The first kappa shape index (κ1) is 29.3. The first-order chi connectivity index (χ1) is 20.9. The zero-order valence-electron chi connectivity index (χ0n) is 23.8. The maximum absolute atomic E-state index is 14.9. The summed E-state index contributed by atoms with van der Waals surface area (Å²) in [7, 11) is 1.33. The summed E-state index contributed by atoms with van der Waals surface area (Å²) in [5.74, 6) is 0.229. The minimum atomic E-state index is -0.735. The van der Waals surface area contributed by atoms with Crippen LogP contribution in [0.3, 0.4) is 0 Å². The van der Waals surface area contributed by atoms with Gasteiger partial charge in [-0.25, -0.2) is 28.7 Å². The van der Waals surface area contributed by atoms with Crippen LogP contribution in [0.25, 0.3) is 22.4 Å². The molecule has 0 aliphatic rings. The summed E-state index contributed by atoms with van der Waals surface area (Å²) in [6.07, 6.45) is 3.73. The Balaban J connectivity index is 1.51. The molecule has 0 unspecified atom stereocenters. The van der Waals surface area contributed by atoms with Gasteiger partial charge in [-0.3, -0.25) is 9.48 Å². The zero-order valence-corrected chi connectivity index (χ0v) is 23.8. The molecule has 0 atom stereocenters. The lowest BCUT2D eigenvalue weighted by atomic mass is 10.1. The number of para-hydroxylation sites is 1. The monoisotopic (exact) mass is 589 g/mol. The Morgan fingerprint density at radius 3 is 2.58 bits per heavy atom. The molecule has 0 spiro atoms. The second-order valence-corrected chi connectivity index (χ2v) is 9.37. The number of nitrogens with one attached hydrogen (secondary N) is 1. The number of hydrogen-bond acceptors (Lipinski definition) is 10. The van der Waals surface area contributed by atoms with Crippen LogP contribution < -0.4 is 14.8 Å². The average Bonchev–Trinajstić information content (AvgIpc) is 3.36. The van der Waals surface area contributed by atoms with Gasteiger partial charge in [-0.15, -0.1) is 0 Å². The van der Waals surface area contributed by atoms with E-state index in [1.54, 1.807) is 32.2 Å². The number of carbonyl (C=O) groups is 1. The molecule has 0 bridgehead atoms. The fraction of sp³-hybridized carbons (Fsp3) is 0.267. The van der Waals surface area contributed by atoms with Gasteiger partial charge in [0, 0.05) is 35.7 Å². The number of fused-ring (bicyclic) bond motifs is 1. The van der Waals surface area contributed by atoms with Crippen molar-refractivity contribution in [3.8, 4) is 23.0 Å². The lowest BCUT2D eigenvalue weighted by Gasteiger charge is -2.13. The van der Waals surface area contributed by atoms with Crippen LogP contribution in [0.5, 0.6) is 11.5 Å². The lowest BCUT2D eigenvalue weighted by Crippen LogP contribution is -2.08. The number of aryl methyl sites for hydroxylation is 1. The molecule has 0 saturated heterocycles. The molecule has 0 aliphatic heterocycles.